The zero-order valence-corrected chi connectivity index (χ0v) is 11.0. The van der Waals surface area contributed by atoms with Crippen LogP contribution in [0, 0.1) is 11.6 Å². The van der Waals surface area contributed by atoms with Crippen LogP contribution in [0.1, 0.15) is 37.7 Å². The molecular weight excluding hydrogens is 246 g/mol. The second-order valence-electron chi connectivity index (χ2n) is 5.05. The standard InChI is InChI=1S/C15H20F2N2/c16-13-8-7-11(9-14(13)17)10-15(19-18)12-5-3-1-2-4-6-12/h5,7-9,15,19H,1-4,6,10,18H2. The van der Waals surface area contributed by atoms with Crippen molar-refractivity contribution in [2.45, 2.75) is 44.6 Å². The number of nitrogens with two attached hydrogens (primary N) is 1. The maximum atomic E-state index is 13.2. The molecular formula is C15H20F2N2. The summed E-state index contributed by atoms with van der Waals surface area (Å²) in [5.74, 6) is 4.00. The number of hydrogen-bond donors (Lipinski definition) is 2. The Hall–Kier alpha value is -1.26. The van der Waals surface area contributed by atoms with Crippen molar-refractivity contribution in [1.82, 2.24) is 5.43 Å². The van der Waals surface area contributed by atoms with E-state index in [1.807, 2.05) is 0 Å². The lowest BCUT2D eigenvalue weighted by Gasteiger charge is -2.19. The summed E-state index contributed by atoms with van der Waals surface area (Å²) in [6, 6.07) is 4.03. The first-order chi connectivity index (χ1) is 9.20. The lowest BCUT2D eigenvalue weighted by molar-refractivity contribution is 0.504. The van der Waals surface area contributed by atoms with Gasteiger partial charge in [-0.25, -0.2) is 8.78 Å². The van der Waals surface area contributed by atoms with E-state index in [1.165, 1.54) is 37.0 Å². The highest BCUT2D eigenvalue weighted by molar-refractivity contribution is 5.23. The van der Waals surface area contributed by atoms with Gasteiger partial charge in [-0.05, 0) is 49.8 Å². The summed E-state index contributed by atoms with van der Waals surface area (Å²) >= 11 is 0. The molecule has 0 saturated carbocycles. The van der Waals surface area contributed by atoms with Crippen molar-refractivity contribution in [3.05, 3.63) is 47.0 Å². The third-order valence-corrected chi connectivity index (χ3v) is 3.65. The van der Waals surface area contributed by atoms with Crippen LogP contribution in [-0.2, 0) is 6.42 Å². The average molecular weight is 266 g/mol. The van der Waals surface area contributed by atoms with E-state index in [9.17, 15) is 8.78 Å². The van der Waals surface area contributed by atoms with Crippen LogP contribution in [-0.4, -0.2) is 6.04 Å². The van der Waals surface area contributed by atoms with Crippen molar-refractivity contribution >= 4 is 0 Å². The summed E-state index contributed by atoms with van der Waals surface area (Å²) < 4.78 is 26.1. The van der Waals surface area contributed by atoms with Crippen molar-refractivity contribution in [2.75, 3.05) is 0 Å². The molecule has 0 amide bonds. The maximum Gasteiger partial charge on any atom is 0.159 e. The fourth-order valence-corrected chi connectivity index (χ4v) is 2.56. The van der Waals surface area contributed by atoms with Gasteiger partial charge in [0, 0.05) is 6.04 Å². The van der Waals surface area contributed by atoms with Crippen LogP contribution in [0.15, 0.2) is 29.8 Å². The number of nitrogens with one attached hydrogen (secondary N) is 1. The van der Waals surface area contributed by atoms with Gasteiger partial charge in [0.2, 0.25) is 0 Å². The molecule has 1 atom stereocenters. The Morgan fingerprint density at radius 1 is 1.16 bits per heavy atom. The fraction of sp³-hybridized carbons (Fsp3) is 0.467. The molecule has 1 aromatic carbocycles. The van der Waals surface area contributed by atoms with Crippen LogP contribution >= 0.6 is 0 Å². The highest BCUT2D eigenvalue weighted by Crippen LogP contribution is 2.22. The highest BCUT2D eigenvalue weighted by Gasteiger charge is 2.15. The SMILES string of the molecule is NNC(Cc1ccc(F)c(F)c1)C1=CCCCCC1. The molecule has 0 fully saturated rings. The largest absolute Gasteiger partial charge is 0.271 e. The Kier molecular flexibility index (Phi) is 5.05. The summed E-state index contributed by atoms with van der Waals surface area (Å²) in [6.45, 7) is 0. The smallest absolute Gasteiger partial charge is 0.159 e. The Labute approximate surface area is 112 Å². The molecule has 1 aliphatic rings. The predicted molar refractivity (Wildman–Crippen MR) is 72.3 cm³/mol. The first-order valence-corrected chi connectivity index (χ1v) is 6.79. The lowest BCUT2D eigenvalue weighted by atomic mass is 9.96. The summed E-state index contributed by atoms with van der Waals surface area (Å²) in [5.41, 5.74) is 4.84. The van der Waals surface area contributed by atoms with Crippen LogP contribution in [0.25, 0.3) is 0 Å². The molecule has 0 aromatic heterocycles. The molecule has 2 nitrogen and oxygen atoms in total. The van der Waals surface area contributed by atoms with E-state index in [1.54, 1.807) is 6.07 Å². The molecule has 4 heteroatoms. The number of hydrogen-bond acceptors (Lipinski definition) is 2. The minimum Gasteiger partial charge on any atom is -0.271 e. The van der Waals surface area contributed by atoms with Gasteiger partial charge in [0.05, 0.1) is 0 Å². The number of hydrazine groups is 1. The van der Waals surface area contributed by atoms with Crippen LogP contribution < -0.4 is 11.3 Å². The highest BCUT2D eigenvalue weighted by atomic mass is 19.2. The summed E-state index contributed by atoms with van der Waals surface area (Å²) in [6.07, 6.45) is 8.54. The minimum atomic E-state index is -0.810. The molecule has 0 aliphatic heterocycles. The Balaban J connectivity index is 2.09. The van der Waals surface area contributed by atoms with E-state index >= 15 is 0 Å². The molecule has 0 spiro atoms. The van der Waals surface area contributed by atoms with Gasteiger partial charge in [0.1, 0.15) is 0 Å². The number of halogens is 2. The van der Waals surface area contributed by atoms with Gasteiger partial charge in [-0.15, -0.1) is 0 Å². The molecule has 0 radical (unpaired) electrons. The van der Waals surface area contributed by atoms with E-state index in [0.717, 1.165) is 18.4 Å². The molecule has 1 aliphatic carbocycles. The number of benzene rings is 1. The average Bonchev–Trinajstić information content (AvgIpc) is 2.69. The molecule has 104 valence electrons. The van der Waals surface area contributed by atoms with Crippen LogP contribution in [0.5, 0.6) is 0 Å². The molecule has 1 aromatic rings. The zero-order chi connectivity index (χ0) is 13.7. The molecule has 3 N–H and O–H groups in total. The number of allylic oxidation sites excluding steroid dienone is 1. The Morgan fingerprint density at radius 2 is 2.00 bits per heavy atom. The third-order valence-electron chi connectivity index (χ3n) is 3.65. The first kappa shape index (κ1) is 14.2. The van der Waals surface area contributed by atoms with E-state index in [0.29, 0.717) is 6.42 Å². The second kappa shape index (κ2) is 6.78. The van der Waals surface area contributed by atoms with Crippen molar-refractivity contribution in [3.8, 4) is 0 Å². The summed E-state index contributed by atoms with van der Waals surface area (Å²) in [5, 5.41) is 0. The minimum absolute atomic E-state index is 0.00274. The van der Waals surface area contributed by atoms with Crippen LogP contribution in [0.3, 0.4) is 0 Å². The van der Waals surface area contributed by atoms with Crippen molar-refractivity contribution < 1.29 is 8.78 Å². The normalized spacial score (nSPS) is 17.7. The topological polar surface area (TPSA) is 38.0 Å². The monoisotopic (exact) mass is 266 g/mol. The van der Waals surface area contributed by atoms with Gasteiger partial charge in [-0.2, -0.15) is 0 Å². The molecule has 19 heavy (non-hydrogen) atoms. The van der Waals surface area contributed by atoms with Crippen molar-refractivity contribution in [1.29, 1.82) is 0 Å². The quantitative estimate of drug-likeness (QED) is 0.499. The third kappa shape index (κ3) is 3.85. The molecule has 1 unspecified atom stereocenters. The second-order valence-corrected chi connectivity index (χ2v) is 5.05. The van der Waals surface area contributed by atoms with Gasteiger partial charge in [0.15, 0.2) is 11.6 Å². The summed E-state index contributed by atoms with van der Waals surface area (Å²) in [4.78, 5) is 0. The predicted octanol–water partition coefficient (Wildman–Crippen LogP) is 3.23. The van der Waals surface area contributed by atoms with E-state index < -0.39 is 11.6 Å². The van der Waals surface area contributed by atoms with E-state index in [4.69, 9.17) is 5.84 Å². The van der Waals surface area contributed by atoms with E-state index in [-0.39, 0.29) is 6.04 Å². The van der Waals surface area contributed by atoms with Crippen molar-refractivity contribution in [2.24, 2.45) is 5.84 Å². The summed E-state index contributed by atoms with van der Waals surface area (Å²) in [7, 11) is 0. The number of rotatable bonds is 4. The van der Waals surface area contributed by atoms with Crippen molar-refractivity contribution in [3.63, 3.8) is 0 Å². The molecule has 0 saturated heterocycles. The Morgan fingerprint density at radius 3 is 2.74 bits per heavy atom. The van der Waals surface area contributed by atoms with Gasteiger partial charge in [0.25, 0.3) is 0 Å². The van der Waals surface area contributed by atoms with Gasteiger partial charge in [-0.1, -0.05) is 24.1 Å². The Bertz CT molecular complexity index is 457. The fourth-order valence-electron chi connectivity index (χ4n) is 2.56. The van der Waals surface area contributed by atoms with Gasteiger partial charge >= 0.3 is 0 Å². The van der Waals surface area contributed by atoms with Crippen LogP contribution in [0.4, 0.5) is 8.78 Å². The molecule has 0 bridgehead atoms. The molecule has 2 rings (SSSR count). The maximum absolute atomic E-state index is 13.2. The molecule has 0 heterocycles. The first-order valence-electron chi connectivity index (χ1n) is 6.79. The lowest BCUT2D eigenvalue weighted by Crippen LogP contribution is -2.38. The van der Waals surface area contributed by atoms with Gasteiger partial charge < -0.3 is 0 Å². The zero-order valence-electron chi connectivity index (χ0n) is 11.0. The van der Waals surface area contributed by atoms with Gasteiger partial charge in [-0.3, -0.25) is 11.3 Å². The van der Waals surface area contributed by atoms with E-state index in [2.05, 4.69) is 11.5 Å². The van der Waals surface area contributed by atoms with Crippen LogP contribution in [0.2, 0.25) is 0 Å².